The van der Waals surface area contributed by atoms with Gasteiger partial charge in [-0.2, -0.15) is 0 Å². The Kier molecular flexibility index (Phi) is 4.97. The summed E-state index contributed by atoms with van der Waals surface area (Å²) in [6.07, 6.45) is 9.04. The van der Waals surface area contributed by atoms with Crippen LogP contribution in [0.15, 0.2) is 67.0 Å². The van der Waals surface area contributed by atoms with Crippen LogP contribution in [0.2, 0.25) is 0 Å². The summed E-state index contributed by atoms with van der Waals surface area (Å²) in [7, 11) is 0. The van der Waals surface area contributed by atoms with Gasteiger partial charge in [0.1, 0.15) is 0 Å². The number of imidazole rings is 1. The molecule has 30 heavy (non-hydrogen) atoms. The lowest BCUT2D eigenvalue weighted by Gasteiger charge is -2.25. The van der Waals surface area contributed by atoms with E-state index in [9.17, 15) is 4.79 Å². The van der Waals surface area contributed by atoms with Crippen LogP contribution in [0.1, 0.15) is 48.5 Å². The highest BCUT2D eigenvalue weighted by molar-refractivity contribution is 6.03. The monoisotopic (exact) mass is 397 g/mol. The number of carbonyl (C=O) groups excluding carboxylic acids is 1. The van der Waals surface area contributed by atoms with E-state index in [0.29, 0.717) is 23.4 Å². The predicted octanol–water partition coefficient (Wildman–Crippen LogP) is 5.25. The van der Waals surface area contributed by atoms with Gasteiger partial charge in [-0.3, -0.25) is 10.1 Å². The molecule has 6 heteroatoms. The van der Waals surface area contributed by atoms with Gasteiger partial charge in [0.15, 0.2) is 5.82 Å². The number of para-hydroxylation sites is 2. The zero-order chi connectivity index (χ0) is 20.3. The first-order valence-corrected chi connectivity index (χ1v) is 10.5. The Morgan fingerprint density at radius 3 is 2.37 bits per heavy atom. The van der Waals surface area contributed by atoms with Crippen LogP contribution in [0.5, 0.6) is 0 Å². The quantitative estimate of drug-likeness (QED) is 0.510. The van der Waals surface area contributed by atoms with Gasteiger partial charge >= 0.3 is 0 Å². The van der Waals surface area contributed by atoms with Crippen molar-refractivity contribution in [1.29, 1.82) is 0 Å². The molecule has 1 fully saturated rings. The minimum Gasteiger partial charge on any atom is -0.307 e. The van der Waals surface area contributed by atoms with Crippen LogP contribution in [0.4, 0.5) is 5.95 Å². The predicted molar refractivity (Wildman–Crippen MR) is 117 cm³/mol. The van der Waals surface area contributed by atoms with Gasteiger partial charge in [-0.25, -0.2) is 15.0 Å². The molecule has 1 N–H and O–H groups in total. The molecule has 1 amide bonds. The fourth-order valence-corrected chi connectivity index (χ4v) is 4.20. The molecule has 4 aromatic rings. The number of nitrogens with one attached hydrogen (secondary N) is 1. The Hall–Kier alpha value is -3.54. The van der Waals surface area contributed by atoms with E-state index >= 15 is 0 Å². The van der Waals surface area contributed by atoms with E-state index in [4.69, 9.17) is 4.98 Å². The Morgan fingerprint density at radius 2 is 1.60 bits per heavy atom. The summed E-state index contributed by atoms with van der Waals surface area (Å²) in [5.41, 5.74) is 3.30. The third kappa shape index (κ3) is 3.56. The van der Waals surface area contributed by atoms with Crippen LogP contribution >= 0.6 is 0 Å². The van der Waals surface area contributed by atoms with Gasteiger partial charge in [0.25, 0.3) is 5.91 Å². The van der Waals surface area contributed by atoms with Crippen LogP contribution in [-0.2, 0) is 0 Å². The van der Waals surface area contributed by atoms with Gasteiger partial charge in [-0.15, -0.1) is 0 Å². The van der Waals surface area contributed by atoms with Crippen molar-refractivity contribution in [3.8, 4) is 11.4 Å². The molecule has 1 aliphatic carbocycles. The van der Waals surface area contributed by atoms with Gasteiger partial charge in [0.05, 0.1) is 16.6 Å². The Morgan fingerprint density at radius 1 is 0.900 bits per heavy atom. The van der Waals surface area contributed by atoms with Crippen LogP contribution < -0.4 is 5.32 Å². The van der Waals surface area contributed by atoms with Gasteiger partial charge < -0.3 is 4.57 Å². The highest BCUT2D eigenvalue weighted by Crippen LogP contribution is 2.34. The molecular formula is C24H23N5O. The average molecular weight is 397 g/mol. The minimum atomic E-state index is -0.248. The van der Waals surface area contributed by atoms with E-state index in [1.54, 1.807) is 12.4 Å². The largest absolute Gasteiger partial charge is 0.307 e. The zero-order valence-electron chi connectivity index (χ0n) is 16.7. The van der Waals surface area contributed by atoms with Crippen molar-refractivity contribution in [1.82, 2.24) is 19.5 Å². The number of anilines is 1. The highest BCUT2D eigenvalue weighted by atomic mass is 16.1. The van der Waals surface area contributed by atoms with E-state index in [0.717, 1.165) is 29.4 Å². The van der Waals surface area contributed by atoms with E-state index in [1.165, 1.54) is 19.3 Å². The number of nitrogens with zero attached hydrogens (tertiary/aromatic N) is 4. The van der Waals surface area contributed by atoms with Crippen molar-refractivity contribution < 1.29 is 4.79 Å². The SMILES string of the molecule is O=C(Nc1nc2ccccc2n1C1CCCCC1)c1cnc(-c2ccccc2)nc1. The number of hydrogen-bond donors (Lipinski definition) is 1. The molecule has 0 bridgehead atoms. The van der Waals surface area contributed by atoms with Gasteiger partial charge in [0, 0.05) is 24.0 Å². The smallest absolute Gasteiger partial charge is 0.261 e. The average Bonchev–Trinajstić information content (AvgIpc) is 3.18. The topological polar surface area (TPSA) is 72.7 Å². The minimum absolute atomic E-state index is 0.248. The van der Waals surface area contributed by atoms with Crippen molar-refractivity contribution in [2.75, 3.05) is 5.32 Å². The van der Waals surface area contributed by atoms with Crippen molar-refractivity contribution in [2.24, 2.45) is 0 Å². The maximum Gasteiger partial charge on any atom is 0.261 e. The summed E-state index contributed by atoms with van der Waals surface area (Å²) >= 11 is 0. The van der Waals surface area contributed by atoms with Gasteiger partial charge in [0.2, 0.25) is 5.95 Å². The van der Waals surface area contributed by atoms with Crippen molar-refractivity contribution in [3.63, 3.8) is 0 Å². The first-order chi connectivity index (χ1) is 14.8. The number of rotatable bonds is 4. The first kappa shape index (κ1) is 18.5. The van der Waals surface area contributed by atoms with Gasteiger partial charge in [-0.05, 0) is 25.0 Å². The second-order valence-corrected chi connectivity index (χ2v) is 7.70. The summed E-state index contributed by atoms with van der Waals surface area (Å²) in [4.78, 5) is 26.4. The zero-order valence-corrected chi connectivity index (χ0v) is 16.7. The Labute approximate surface area is 175 Å². The lowest BCUT2D eigenvalue weighted by molar-refractivity contribution is 0.102. The molecule has 1 saturated carbocycles. The summed E-state index contributed by atoms with van der Waals surface area (Å²) in [6, 6.07) is 18.1. The molecule has 0 spiro atoms. The standard InChI is InChI=1S/C24H23N5O/c30-23(18-15-25-22(26-16-18)17-9-3-1-4-10-17)28-24-27-20-13-7-8-14-21(20)29(24)19-11-5-2-6-12-19/h1,3-4,7-10,13-16,19H,2,5-6,11-12H2,(H,27,28,30). The van der Waals surface area contributed by atoms with Crippen LogP contribution in [-0.4, -0.2) is 25.4 Å². The number of carbonyl (C=O) groups is 1. The molecule has 5 rings (SSSR count). The number of fused-ring (bicyclic) bond motifs is 1. The first-order valence-electron chi connectivity index (χ1n) is 10.5. The lowest BCUT2D eigenvalue weighted by Crippen LogP contribution is -2.20. The lowest BCUT2D eigenvalue weighted by atomic mass is 9.95. The highest BCUT2D eigenvalue weighted by Gasteiger charge is 2.23. The Bertz CT molecular complexity index is 1160. The molecule has 0 atom stereocenters. The van der Waals surface area contributed by atoms with Crippen molar-refractivity contribution >= 4 is 22.9 Å². The molecular weight excluding hydrogens is 374 g/mol. The summed E-state index contributed by atoms with van der Waals surface area (Å²) in [5.74, 6) is 0.948. The van der Waals surface area contributed by atoms with E-state index in [2.05, 4.69) is 25.9 Å². The molecule has 2 aromatic carbocycles. The number of hydrogen-bond acceptors (Lipinski definition) is 4. The van der Waals surface area contributed by atoms with Gasteiger partial charge in [-0.1, -0.05) is 61.7 Å². The maximum absolute atomic E-state index is 12.9. The molecule has 6 nitrogen and oxygen atoms in total. The van der Waals surface area contributed by atoms with Crippen LogP contribution in [0.25, 0.3) is 22.4 Å². The second kappa shape index (κ2) is 8.06. The van der Waals surface area contributed by atoms with Crippen molar-refractivity contribution in [3.05, 3.63) is 72.6 Å². The molecule has 0 radical (unpaired) electrons. The summed E-state index contributed by atoms with van der Waals surface area (Å²) in [5, 5.41) is 3.01. The van der Waals surface area contributed by atoms with Crippen molar-refractivity contribution in [2.45, 2.75) is 38.1 Å². The normalized spacial score (nSPS) is 14.7. The second-order valence-electron chi connectivity index (χ2n) is 7.70. The van der Waals surface area contributed by atoms with E-state index in [1.807, 2.05) is 48.5 Å². The van der Waals surface area contributed by atoms with E-state index in [-0.39, 0.29) is 5.91 Å². The molecule has 0 saturated heterocycles. The van der Waals surface area contributed by atoms with Crippen LogP contribution in [0.3, 0.4) is 0 Å². The maximum atomic E-state index is 12.9. The number of aromatic nitrogens is 4. The summed E-state index contributed by atoms with van der Waals surface area (Å²) in [6.45, 7) is 0. The molecule has 2 aromatic heterocycles. The number of benzene rings is 2. The summed E-state index contributed by atoms with van der Waals surface area (Å²) < 4.78 is 2.20. The van der Waals surface area contributed by atoms with E-state index < -0.39 is 0 Å². The number of amides is 1. The fraction of sp³-hybridized carbons (Fsp3) is 0.250. The molecule has 1 aliphatic rings. The Balaban J connectivity index is 1.43. The molecule has 2 heterocycles. The third-order valence-corrected chi connectivity index (χ3v) is 5.71. The molecule has 0 aliphatic heterocycles. The van der Waals surface area contributed by atoms with Crippen LogP contribution in [0, 0.1) is 0 Å². The molecule has 0 unspecified atom stereocenters. The fourth-order valence-electron chi connectivity index (χ4n) is 4.20. The third-order valence-electron chi connectivity index (χ3n) is 5.71. The molecule has 150 valence electrons.